The molecule has 0 aromatic heterocycles. The Kier molecular flexibility index (Phi) is 10.5. The highest BCUT2D eigenvalue weighted by Gasteiger charge is 2.00. The summed E-state index contributed by atoms with van der Waals surface area (Å²) in [6.45, 7) is 4.34. The van der Waals surface area contributed by atoms with Crippen LogP contribution in [0.4, 0.5) is 0 Å². The maximum Gasteiger partial charge on any atom is 0.191 e. The van der Waals surface area contributed by atoms with Gasteiger partial charge in [-0.15, -0.1) is 24.0 Å². The molecule has 2 rings (SSSR count). The van der Waals surface area contributed by atoms with Crippen LogP contribution in [0, 0.1) is 0 Å². The molecule has 0 aliphatic rings. The van der Waals surface area contributed by atoms with E-state index in [4.69, 9.17) is 9.47 Å². The number of aliphatic imine (C=N–C) groups is 1. The van der Waals surface area contributed by atoms with Crippen LogP contribution >= 0.6 is 24.0 Å². The van der Waals surface area contributed by atoms with Crippen molar-refractivity contribution in [3.8, 4) is 11.5 Å². The lowest BCUT2D eigenvalue weighted by Gasteiger charge is -2.11. The van der Waals surface area contributed by atoms with Crippen LogP contribution in [0.25, 0.3) is 0 Å². The third-order valence-electron chi connectivity index (χ3n) is 3.79. The SMILES string of the molecule is CCNC(=NCc1ccc(OC)cc1)NCCc1ccc(OC)cc1.I. The van der Waals surface area contributed by atoms with Crippen LogP contribution in [-0.4, -0.2) is 33.3 Å². The van der Waals surface area contributed by atoms with Crippen molar-refractivity contribution in [2.75, 3.05) is 27.3 Å². The Balaban J connectivity index is 0.00000338. The number of methoxy groups -OCH3 is 2. The van der Waals surface area contributed by atoms with Crippen molar-refractivity contribution in [3.05, 3.63) is 59.7 Å². The Labute approximate surface area is 173 Å². The van der Waals surface area contributed by atoms with E-state index in [1.165, 1.54) is 5.56 Å². The second-order valence-electron chi connectivity index (χ2n) is 5.57. The summed E-state index contributed by atoms with van der Waals surface area (Å²) in [6, 6.07) is 16.1. The Hall–Kier alpha value is -1.96. The molecule has 0 atom stereocenters. The van der Waals surface area contributed by atoms with Gasteiger partial charge in [0.05, 0.1) is 20.8 Å². The number of rotatable bonds is 8. The standard InChI is InChI=1S/C20H27N3O2.HI/c1-4-21-20(23-15-17-7-11-19(25-3)12-8-17)22-14-13-16-5-9-18(24-2)10-6-16;/h5-12H,4,13-15H2,1-3H3,(H2,21,22,23);1H. The minimum atomic E-state index is 0. The third-order valence-corrected chi connectivity index (χ3v) is 3.79. The molecule has 26 heavy (non-hydrogen) atoms. The number of benzene rings is 2. The molecule has 5 nitrogen and oxygen atoms in total. The fraction of sp³-hybridized carbons (Fsp3) is 0.350. The predicted molar refractivity (Wildman–Crippen MR) is 118 cm³/mol. The lowest BCUT2D eigenvalue weighted by Crippen LogP contribution is -2.38. The first-order chi connectivity index (χ1) is 12.2. The first-order valence-corrected chi connectivity index (χ1v) is 8.53. The number of nitrogens with one attached hydrogen (secondary N) is 2. The van der Waals surface area contributed by atoms with Crippen molar-refractivity contribution in [1.82, 2.24) is 10.6 Å². The lowest BCUT2D eigenvalue weighted by molar-refractivity contribution is 0.414. The van der Waals surface area contributed by atoms with Crippen molar-refractivity contribution in [1.29, 1.82) is 0 Å². The van der Waals surface area contributed by atoms with Gasteiger partial charge in [-0.25, -0.2) is 4.99 Å². The van der Waals surface area contributed by atoms with E-state index in [1.54, 1.807) is 14.2 Å². The quantitative estimate of drug-likeness (QED) is 0.353. The van der Waals surface area contributed by atoms with E-state index in [9.17, 15) is 0 Å². The summed E-state index contributed by atoms with van der Waals surface area (Å²) in [5.74, 6) is 2.56. The maximum atomic E-state index is 5.18. The average Bonchev–Trinajstić information content (AvgIpc) is 2.67. The van der Waals surface area contributed by atoms with Gasteiger partial charge in [-0.2, -0.15) is 0 Å². The van der Waals surface area contributed by atoms with Crippen LogP contribution in [0.15, 0.2) is 53.5 Å². The molecule has 0 saturated carbocycles. The van der Waals surface area contributed by atoms with Gasteiger partial charge in [0.1, 0.15) is 11.5 Å². The highest BCUT2D eigenvalue weighted by molar-refractivity contribution is 14.0. The molecule has 0 saturated heterocycles. The Morgan fingerprint density at radius 2 is 1.38 bits per heavy atom. The topological polar surface area (TPSA) is 54.9 Å². The molecule has 0 radical (unpaired) electrons. The minimum Gasteiger partial charge on any atom is -0.497 e. The summed E-state index contributed by atoms with van der Waals surface area (Å²) in [5.41, 5.74) is 2.41. The van der Waals surface area contributed by atoms with Crippen LogP contribution in [0.5, 0.6) is 11.5 Å². The minimum absolute atomic E-state index is 0. The summed E-state index contributed by atoms with van der Waals surface area (Å²) in [5, 5.41) is 6.65. The molecule has 0 aliphatic heterocycles. The van der Waals surface area contributed by atoms with Crippen LogP contribution in [0.2, 0.25) is 0 Å². The zero-order chi connectivity index (χ0) is 17.9. The molecule has 2 aromatic rings. The van der Waals surface area contributed by atoms with Gasteiger partial charge in [0, 0.05) is 13.1 Å². The third kappa shape index (κ3) is 7.51. The van der Waals surface area contributed by atoms with Gasteiger partial charge < -0.3 is 20.1 Å². The summed E-state index contributed by atoms with van der Waals surface area (Å²) < 4.78 is 10.4. The molecule has 142 valence electrons. The molecule has 0 unspecified atom stereocenters. The van der Waals surface area contributed by atoms with Crippen molar-refractivity contribution in [2.45, 2.75) is 19.9 Å². The fourth-order valence-electron chi connectivity index (χ4n) is 2.36. The van der Waals surface area contributed by atoms with E-state index in [2.05, 4.69) is 34.7 Å². The average molecular weight is 469 g/mol. The Morgan fingerprint density at radius 3 is 1.88 bits per heavy atom. The zero-order valence-corrected chi connectivity index (χ0v) is 17.9. The van der Waals surface area contributed by atoms with Crippen molar-refractivity contribution < 1.29 is 9.47 Å². The van der Waals surface area contributed by atoms with Gasteiger partial charge in [0.15, 0.2) is 5.96 Å². The van der Waals surface area contributed by atoms with E-state index < -0.39 is 0 Å². The molecule has 0 bridgehead atoms. The number of ether oxygens (including phenoxy) is 2. The lowest BCUT2D eigenvalue weighted by atomic mass is 10.1. The molecule has 0 fully saturated rings. The van der Waals surface area contributed by atoms with E-state index in [-0.39, 0.29) is 24.0 Å². The van der Waals surface area contributed by atoms with Gasteiger partial charge in [-0.3, -0.25) is 0 Å². The molecule has 6 heteroatoms. The normalized spacial score (nSPS) is 10.7. The molecule has 0 spiro atoms. The summed E-state index contributed by atoms with van der Waals surface area (Å²) in [4.78, 5) is 4.63. The van der Waals surface area contributed by atoms with Gasteiger partial charge >= 0.3 is 0 Å². The van der Waals surface area contributed by atoms with Crippen LogP contribution < -0.4 is 20.1 Å². The fourth-order valence-corrected chi connectivity index (χ4v) is 2.36. The van der Waals surface area contributed by atoms with Crippen LogP contribution in [-0.2, 0) is 13.0 Å². The van der Waals surface area contributed by atoms with E-state index >= 15 is 0 Å². The second kappa shape index (κ2) is 12.4. The first kappa shape index (κ1) is 22.1. The van der Waals surface area contributed by atoms with Crippen molar-refractivity contribution >= 4 is 29.9 Å². The summed E-state index contributed by atoms with van der Waals surface area (Å²) in [6.07, 6.45) is 0.928. The van der Waals surface area contributed by atoms with Gasteiger partial charge in [0.25, 0.3) is 0 Å². The maximum absolute atomic E-state index is 5.18. The number of halogens is 1. The van der Waals surface area contributed by atoms with Crippen LogP contribution in [0.3, 0.4) is 0 Å². The highest BCUT2D eigenvalue weighted by Crippen LogP contribution is 2.12. The first-order valence-electron chi connectivity index (χ1n) is 8.53. The molecule has 2 aromatic carbocycles. The Bertz CT molecular complexity index is 658. The van der Waals surface area contributed by atoms with Gasteiger partial charge in [-0.1, -0.05) is 24.3 Å². The van der Waals surface area contributed by atoms with E-state index in [0.29, 0.717) is 6.54 Å². The number of guanidine groups is 1. The molecular formula is C20H28IN3O2. The smallest absolute Gasteiger partial charge is 0.191 e. The molecular weight excluding hydrogens is 441 g/mol. The molecule has 0 aliphatic carbocycles. The predicted octanol–water partition coefficient (Wildman–Crippen LogP) is 3.62. The van der Waals surface area contributed by atoms with E-state index in [1.807, 2.05) is 36.4 Å². The van der Waals surface area contributed by atoms with E-state index in [0.717, 1.165) is 42.5 Å². The molecule has 0 heterocycles. The summed E-state index contributed by atoms with van der Waals surface area (Å²) in [7, 11) is 3.35. The van der Waals surface area contributed by atoms with Crippen LogP contribution in [0.1, 0.15) is 18.1 Å². The second-order valence-corrected chi connectivity index (χ2v) is 5.57. The number of nitrogens with zero attached hydrogens (tertiary/aromatic N) is 1. The highest BCUT2D eigenvalue weighted by atomic mass is 127. The number of hydrogen-bond donors (Lipinski definition) is 2. The monoisotopic (exact) mass is 469 g/mol. The number of hydrogen-bond acceptors (Lipinski definition) is 3. The Morgan fingerprint density at radius 1 is 0.846 bits per heavy atom. The summed E-state index contributed by atoms with van der Waals surface area (Å²) >= 11 is 0. The van der Waals surface area contributed by atoms with Gasteiger partial charge in [-0.05, 0) is 48.7 Å². The van der Waals surface area contributed by atoms with Crippen molar-refractivity contribution in [2.24, 2.45) is 4.99 Å². The van der Waals surface area contributed by atoms with Gasteiger partial charge in [0.2, 0.25) is 0 Å². The molecule has 2 N–H and O–H groups in total. The van der Waals surface area contributed by atoms with Crippen molar-refractivity contribution in [3.63, 3.8) is 0 Å². The molecule has 0 amide bonds. The largest absolute Gasteiger partial charge is 0.497 e. The zero-order valence-electron chi connectivity index (χ0n) is 15.6.